The third-order valence-electron chi connectivity index (χ3n) is 5.65. The highest BCUT2D eigenvalue weighted by molar-refractivity contribution is 7.99. The third-order valence-corrected chi connectivity index (χ3v) is 7.51. The van der Waals surface area contributed by atoms with Crippen molar-refractivity contribution >= 4 is 44.8 Å². The number of likely N-dealkylation sites (N-methyl/N-ethyl adjacent to an activating group) is 1. The molecule has 0 spiro atoms. The van der Waals surface area contributed by atoms with Crippen LogP contribution in [0.25, 0.3) is 10.9 Å². The highest BCUT2D eigenvalue weighted by Gasteiger charge is 2.40. The Morgan fingerprint density at radius 2 is 2.00 bits per heavy atom. The van der Waals surface area contributed by atoms with Crippen LogP contribution in [-0.4, -0.2) is 64.3 Å². The molecule has 6 nitrogen and oxygen atoms in total. The van der Waals surface area contributed by atoms with Crippen LogP contribution in [0.4, 0.5) is 0 Å². The van der Waals surface area contributed by atoms with Crippen molar-refractivity contribution in [2.45, 2.75) is 48.9 Å². The SMILES string of the molecule is CSCC1C[C@H]2c3cccc4[nH]c(SC(C)C)c(c34)C[C@@H]2N(C)C1.O=S(=O)(O)O. The lowest BCUT2D eigenvalue weighted by Gasteiger charge is -2.45. The summed E-state index contributed by atoms with van der Waals surface area (Å²) in [6.45, 7) is 5.83. The first-order valence-corrected chi connectivity index (χ1v) is 13.4. The van der Waals surface area contributed by atoms with Gasteiger partial charge in [0.05, 0.1) is 5.03 Å². The number of aromatic nitrogens is 1. The minimum Gasteiger partial charge on any atom is -0.349 e. The molecule has 0 amide bonds. The monoisotopic (exact) mass is 458 g/mol. The second-order valence-corrected chi connectivity index (χ2v) is 11.6. The average Bonchev–Trinajstić information content (AvgIpc) is 2.93. The van der Waals surface area contributed by atoms with Gasteiger partial charge in [0, 0.05) is 34.7 Å². The summed E-state index contributed by atoms with van der Waals surface area (Å²) in [5, 5.41) is 3.57. The topological polar surface area (TPSA) is 93.6 Å². The average molecular weight is 459 g/mol. The maximum Gasteiger partial charge on any atom is 0.394 e. The number of fused-ring (bicyclic) bond motifs is 2. The number of nitrogens with one attached hydrogen (secondary N) is 1. The van der Waals surface area contributed by atoms with E-state index < -0.39 is 10.4 Å². The van der Waals surface area contributed by atoms with E-state index in [4.69, 9.17) is 17.5 Å². The largest absolute Gasteiger partial charge is 0.394 e. The van der Waals surface area contributed by atoms with Gasteiger partial charge in [-0.15, -0.1) is 11.8 Å². The second-order valence-electron chi connectivity index (χ2n) is 8.19. The molecule has 1 unspecified atom stereocenters. The molecule has 2 heterocycles. The molecule has 29 heavy (non-hydrogen) atoms. The molecule has 1 saturated heterocycles. The van der Waals surface area contributed by atoms with Crippen LogP contribution in [-0.2, 0) is 16.8 Å². The zero-order valence-corrected chi connectivity index (χ0v) is 19.7. The van der Waals surface area contributed by atoms with Crippen molar-refractivity contribution in [2.24, 2.45) is 5.92 Å². The van der Waals surface area contributed by atoms with Crippen LogP contribution in [0.15, 0.2) is 23.2 Å². The van der Waals surface area contributed by atoms with E-state index in [9.17, 15) is 0 Å². The summed E-state index contributed by atoms with van der Waals surface area (Å²) in [7, 11) is -2.32. The summed E-state index contributed by atoms with van der Waals surface area (Å²) in [6, 6.07) is 7.58. The molecule has 3 atom stereocenters. The zero-order chi connectivity index (χ0) is 21.3. The Morgan fingerprint density at radius 3 is 2.62 bits per heavy atom. The number of thioether (sulfide) groups is 2. The molecule has 1 fully saturated rings. The Balaban J connectivity index is 0.000000431. The number of likely N-dealkylation sites (tertiary alicyclic amines) is 1. The molecule has 162 valence electrons. The first-order chi connectivity index (χ1) is 13.6. The second kappa shape index (κ2) is 9.20. The Morgan fingerprint density at radius 1 is 1.31 bits per heavy atom. The Hall–Kier alpha value is -0.710. The maximum atomic E-state index is 8.74. The van der Waals surface area contributed by atoms with Crippen molar-refractivity contribution in [1.82, 2.24) is 9.88 Å². The Kier molecular flexibility index (Phi) is 7.28. The molecular weight excluding hydrogens is 428 g/mol. The first kappa shape index (κ1) is 23.0. The van der Waals surface area contributed by atoms with Crippen LogP contribution in [0.2, 0.25) is 0 Å². The molecule has 0 radical (unpaired) electrons. The fraction of sp³-hybridized carbons (Fsp3) is 0.600. The fourth-order valence-electron chi connectivity index (χ4n) is 4.80. The van der Waals surface area contributed by atoms with E-state index in [0.717, 1.165) is 5.92 Å². The number of nitrogens with zero attached hydrogens (tertiary/aromatic N) is 1. The Bertz CT molecular complexity index is 950. The lowest BCUT2D eigenvalue weighted by molar-refractivity contribution is 0.121. The molecule has 9 heteroatoms. The summed E-state index contributed by atoms with van der Waals surface area (Å²) in [4.78, 5) is 6.37. The first-order valence-electron chi connectivity index (χ1n) is 9.77. The van der Waals surface area contributed by atoms with Crippen molar-refractivity contribution in [3.8, 4) is 0 Å². The molecule has 1 aromatic carbocycles. The van der Waals surface area contributed by atoms with Crippen molar-refractivity contribution in [3.63, 3.8) is 0 Å². The van der Waals surface area contributed by atoms with Gasteiger partial charge < -0.3 is 9.88 Å². The number of benzene rings is 1. The van der Waals surface area contributed by atoms with Gasteiger partial charge in [0.1, 0.15) is 0 Å². The van der Waals surface area contributed by atoms with Gasteiger partial charge in [0.25, 0.3) is 0 Å². The van der Waals surface area contributed by atoms with Gasteiger partial charge in [0.15, 0.2) is 0 Å². The molecule has 0 bridgehead atoms. The van der Waals surface area contributed by atoms with Gasteiger partial charge in [-0.1, -0.05) is 26.0 Å². The van der Waals surface area contributed by atoms with Crippen LogP contribution in [0.5, 0.6) is 0 Å². The van der Waals surface area contributed by atoms with Crippen molar-refractivity contribution in [3.05, 3.63) is 29.3 Å². The molecule has 2 aromatic rings. The Labute approximate surface area is 181 Å². The number of aromatic amines is 1. The third kappa shape index (κ3) is 5.51. The predicted octanol–water partition coefficient (Wildman–Crippen LogP) is 4.34. The highest BCUT2D eigenvalue weighted by atomic mass is 32.3. The summed E-state index contributed by atoms with van der Waals surface area (Å²) in [5.74, 6) is 2.81. The standard InChI is InChI=1S/C20H28N2S2.H2O4S/c1-12(2)24-20-16-9-18-15(8-13(11-23-4)10-22(18)3)14-6-5-7-17(21-20)19(14)16;1-5(2,3)4/h5-7,12-13,15,18,21H,8-11H2,1-4H3;(H2,1,2,3,4)/t13?,15-,18-;/m0./s1. The van der Waals surface area contributed by atoms with Gasteiger partial charge in [-0.05, 0) is 55.0 Å². The quantitative estimate of drug-likeness (QED) is 0.463. The molecule has 2 aliphatic rings. The smallest absolute Gasteiger partial charge is 0.349 e. The van der Waals surface area contributed by atoms with Crippen LogP contribution in [0.1, 0.15) is 37.3 Å². The van der Waals surface area contributed by atoms with Crippen LogP contribution in [0, 0.1) is 5.92 Å². The molecule has 1 aromatic heterocycles. The van der Waals surface area contributed by atoms with Crippen LogP contribution < -0.4 is 0 Å². The van der Waals surface area contributed by atoms with E-state index in [1.165, 1.54) is 35.7 Å². The molecular formula is C20H30N2O4S3. The minimum atomic E-state index is -4.67. The fourth-order valence-corrected chi connectivity index (χ4v) is 6.48. The molecule has 3 N–H and O–H groups in total. The van der Waals surface area contributed by atoms with Crippen LogP contribution >= 0.6 is 23.5 Å². The number of hydrogen-bond donors (Lipinski definition) is 3. The number of rotatable bonds is 4. The van der Waals surface area contributed by atoms with Crippen molar-refractivity contribution < 1.29 is 17.5 Å². The summed E-state index contributed by atoms with van der Waals surface area (Å²) < 4.78 is 31.6. The van der Waals surface area contributed by atoms with E-state index in [0.29, 0.717) is 17.2 Å². The van der Waals surface area contributed by atoms with Gasteiger partial charge >= 0.3 is 10.4 Å². The summed E-state index contributed by atoms with van der Waals surface area (Å²) >= 11 is 3.99. The highest BCUT2D eigenvalue weighted by Crippen LogP contribution is 2.47. The minimum absolute atomic E-state index is 0.616. The normalized spacial score (nSPS) is 24.3. The zero-order valence-electron chi connectivity index (χ0n) is 17.3. The summed E-state index contributed by atoms with van der Waals surface area (Å²) in [6.07, 6.45) is 4.80. The lowest BCUT2D eigenvalue weighted by Crippen LogP contribution is -2.48. The van der Waals surface area contributed by atoms with E-state index in [1.54, 1.807) is 16.5 Å². The number of piperidine rings is 1. The summed E-state index contributed by atoms with van der Waals surface area (Å²) in [5.41, 5.74) is 4.53. The maximum absolute atomic E-state index is 8.74. The molecule has 0 saturated carbocycles. The van der Waals surface area contributed by atoms with Gasteiger partial charge in [-0.25, -0.2) is 0 Å². The van der Waals surface area contributed by atoms with E-state index in [1.807, 2.05) is 23.5 Å². The van der Waals surface area contributed by atoms with E-state index in [2.05, 4.69) is 55.2 Å². The van der Waals surface area contributed by atoms with Crippen molar-refractivity contribution in [1.29, 1.82) is 0 Å². The van der Waals surface area contributed by atoms with Crippen LogP contribution in [0.3, 0.4) is 0 Å². The molecule has 1 aliphatic carbocycles. The van der Waals surface area contributed by atoms with E-state index in [-0.39, 0.29) is 0 Å². The number of hydrogen-bond acceptors (Lipinski definition) is 5. The predicted molar refractivity (Wildman–Crippen MR) is 123 cm³/mol. The van der Waals surface area contributed by atoms with E-state index >= 15 is 0 Å². The van der Waals surface area contributed by atoms with Gasteiger partial charge in [0.2, 0.25) is 0 Å². The number of H-pyrrole nitrogens is 1. The van der Waals surface area contributed by atoms with Gasteiger partial charge in [-0.3, -0.25) is 9.11 Å². The van der Waals surface area contributed by atoms with Crippen molar-refractivity contribution in [2.75, 3.05) is 25.6 Å². The molecule has 1 aliphatic heterocycles. The van der Waals surface area contributed by atoms with Gasteiger partial charge in [-0.2, -0.15) is 20.2 Å². The lowest BCUT2D eigenvalue weighted by atomic mass is 9.73. The molecule has 4 rings (SSSR count).